The highest BCUT2D eigenvalue weighted by Gasteiger charge is 2.16. The first-order valence-corrected chi connectivity index (χ1v) is 9.93. The van der Waals surface area contributed by atoms with Gasteiger partial charge in [-0.1, -0.05) is 63.1 Å². The molecule has 3 rings (SSSR count). The van der Waals surface area contributed by atoms with Crippen molar-refractivity contribution < 1.29 is 4.39 Å². The number of hydrogen-bond acceptors (Lipinski definition) is 1. The van der Waals surface area contributed by atoms with Crippen LogP contribution in [0.3, 0.4) is 0 Å². The predicted octanol–water partition coefficient (Wildman–Crippen LogP) is 7.20. The van der Waals surface area contributed by atoms with Gasteiger partial charge in [0, 0.05) is 0 Å². The first-order valence-electron chi connectivity index (χ1n) is 9.93. The van der Waals surface area contributed by atoms with Gasteiger partial charge in [-0.3, -0.25) is 0 Å². The second-order valence-electron chi connectivity index (χ2n) is 7.12. The molecular weight excluding hydrogens is 333 g/mol. The molecule has 0 bridgehead atoms. The molecule has 0 radical (unpaired) electrons. The van der Waals surface area contributed by atoms with Gasteiger partial charge in [0.15, 0.2) is 0 Å². The summed E-state index contributed by atoms with van der Waals surface area (Å²) < 4.78 is 14.4. The van der Waals surface area contributed by atoms with Gasteiger partial charge in [-0.05, 0) is 70.8 Å². The highest BCUT2D eigenvalue weighted by atomic mass is 19.1. The monoisotopic (exact) mass is 359 g/mol. The largest absolute Gasteiger partial charge is 0.206 e. The molecule has 0 amide bonds. The Balaban J connectivity index is 2.29. The maximum absolute atomic E-state index is 14.4. The molecule has 0 aliphatic carbocycles. The van der Waals surface area contributed by atoms with Crippen LogP contribution >= 0.6 is 0 Å². The zero-order chi connectivity index (χ0) is 19.2. The summed E-state index contributed by atoms with van der Waals surface area (Å²) in [5.41, 5.74) is 4.74. The molecule has 0 saturated carbocycles. The minimum atomic E-state index is -0.439. The van der Waals surface area contributed by atoms with Gasteiger partial charge in [0.2, 0.25) is 0 Å². The van der Waals surface area contributed by atoms with Crippen molar-refractivity contribution in [3.8, 4) is 17.2 Å². The van der Waals surface area contributed by atoms with Crippen LogP contribution in [0.15, 0.2) is 48.5 Å². The first kappa shape index (κ1) is 19.1. The number of aryl methyl sites for hydroxylation is 2. The zero-order valence-corrected chi connectivity index (χ0v) is 16.2. The lowest BCUT2D eigenvalue weighted by Crippen LogP contribution is -2.00. The molecule has 0 unspecified atom stereocenters. The molecule has 0 aliphatic rings. The van der Waals surface area contributed by atoms with Crippen LogP contribution in [0.1, 0.15) is 56.2 Å². The molecule has 3 aromatic carbocycles. The third-order valence-electron chi connectivity index (χ3n) is 5.20. The molecule has 27 heavy (non-hydrogen) atoms. The minimum Gasteiger partial charge on any atom is -0.206 e. The summed E-state index contributed by atoms with van der Waals surface area (Å²) >= 11 is 0. The summed E-state index contributed by atoms with van der Waals surface area (Å²) in [5, 5.41) is 11.6. The molecule has 0 aliphatic heterocycles. The number of benzene rings is 3. The van der Waals surface area contributed by atoms with E-state index in [1.807, 2.05) is 12.1 Å². The average molecular weight is 359 g/mol. The Labute approximate surface area is 161 Å². The van der Waals surface area contributed by atoms with Gasteiger partial charge in [-0.15, -0.1) is 0 Å². The summed E-state index contributed by atoms with van der Waals surface area (Å²) in [7, 11) is 0. The Morgan fingerprint density at radius 3 is 2.37 bits per heavy atom. The summed E-state index contributed by atoms with van der Waals surface area (Å²) in [6.07, 6.45) is 6.42. The number of halogens is 1. The smallest absolute Gasteiger partial charge is 0.141 e. The zero-order valence-electron chi connectivity index (χ0n) is 16.2. The molecule has 0 heterocycles. The second kappa shape index (κ2) is 8.82. The van der Waals surface area contributed by atoms with Crippen molar-refractivity contribution >= 4 is 10.8 Å². The fraction of sp³-hybridized carbons (Fsp3) is 0.320. The van der Waals surface area contributed by atoms with Crippen molar-refractivity contribution in [1.82, 2.24) is 0 Å². The molecular formula is C25H26FN. The van der Waals surface area contributed by atoms with E-state index in [2.05, 4.69) is 44.2 Å². The predicted molar refractivity (Wildman–Crippen MR) is 111 cm³/mol. The van der Waals surface area contributed by atoms with E-state index < -0.39 is 5.82 Å². The quantitative estimate of drug-likeness (QED) is 0.437. The molecule has 0 aromatic heterocycles. The molecule has 0 N–H and O–H groups in total. The molecule has 0 spiro atoms. The van der Waals surface area contributed by atoms with Gasteiger partial charge < -0.3 is 0 Å². The number of nitriles is 1. The van der Waals surface area contributed by atoms with Crippen molar-refractivity contribution in [2.24, 2.45) is 0 Å². The van der Waals surface area contributed by atoms with Crippen LogP contribution in [-0.4, -0.2) is 0 Å². The van der Waals surface area contributed by atoms with Gasteiger partial charge in [0.25, 0.3) is 0 Å². The molecule has 0 saturated heterocycles. The highest BCUT2D eigenvalue weighted by Crippen LogP contribution is 2.36. The first-order chi connectivity index (χ1) is 13.2. The average Bonchev–Trinajstić information content (AvgIpc) is 2.69. The summed E-state index contributed by atoms with van der Waals surface area (Å²) in [6, 6.07) is 17.7. The van der Waals surface area contributed by atoms with Crippen molar-refractivity contribution in [1.29, 1.82) is 5.26 Å². The standard InChI is InChI=1S/C25H26FN/c1-3-5-9-19-15-18-10-7-8-12-22(18)23(11-6-4-2)25(19)20-13-14-21(17-27)24(26)16-20/h7-8,10,12-16H,3-6,9,11H2,1-2H3. The van der Waals surface area contributed by atoms with Gasteiger partial charge in [0.05, 0.1) is 5.56 Å². The lowest BCUT2D eigenvalue weighted by molar-refractivity contribution is 0.624. The number of nitrogens with zero attached hydrogens (tertiary/aromatic N) is 1. The molecule has 1 nitrogen and oxygen atoms in total. The van der Waals surface area contributed by atoms with Crippen molar-refractivity contribution in [2.75, 3.05) is 0 Å². The fourth-order valence-electron chi connectivity index (χ4n) is 3.78. The maximum Gasteiger partial charge on any atom is 0.141 e. The topological polar surface area (TPSA) is 23.8 Å². The van der Waals surface area contributed by atoms with E-state index in [0.29, 0.717) is 0 Å². The van der Waals surface area contributed by atoms with Crippen LogP contribution in [0.5, 0.6) is 0 Å². The van der Waals surface area contributed by atoms with Crippen LogP contribution in [0, 0.1) is 17.1 Å². The van der Waals surface area contributed by atoms with E-state index in [-0.39, 0.29) is 5.56 Å². The van der Waals surface area contributed by atoms with Crippen molar-refractivity contribution in [2.45, 2.75) is 52.4 Å². The number of rotatable bonds is 7. The SMILES string of the molecule is CCCCc1cc2ccccc2c(CCCC)c1-c1ccc(C#N)c(F)c1. The normalized spacial score (nSPS) is 10.9. The van der Waals surface area contributed by atoms with Crippen molar-refractivity contribution in [3.63, 3.8) is 0 Å². The Kier molecular flexibility index (Phi) is 6.24. The Morgan fingerprint density at radius 1 is 0.926 bits per heavy atom. The number of hydrogen-bond donors (Lipinski definition) is 0. The van der Waals surface area contributed by atoms with Crippen LogP contribution in [-0.2, 0) is 12.8 Å². The second-order valence-corrected chi connectivity index (χ2v) is 7.12. The Hall–Kier alpha value is -2.66. The highest BCUT2D eigenvalue weighted by molar-refractivity contribution is 5.93. The van der Waals surface area contributed by atoms with E-state index >= 15 is 0 Å². The maximum atomic E-state index is 14.4. The van der Waals surface area contributed by atoms with Crippen LogP contribution in [0.25, 0.3) is 21.9 Å². The van der Waals surface area contributed by atoms with Crippen LogP contribution in [0.4, 0.5) is 4.39 Å². The van der Waals surface area contributed by atoms with E-state index in [1.165, 1.54) is 33.5 Å². The van der Waals surface area contributed by atoms with E-state index in [9.17, 15) is 4.39 Å². The Bertz CT molecular complexity index is 982. The molecule has 3 aromatic rings. The van der Waals surface area contributed by atoms with E-state index in [0.717, 1.165) is 44.1 Å². The van der Waals surface area contributed by atoms with Gasteiger partial charge in [-0.2, -0.15) is 5.26 Å². The third kappa shape index (κ3) is 4.03. The number of fused-ring (bicyclic) bond motifs is 1. The van der Waals surface area contributed by atoms with Gasteiger partial charge in [0.1, 0.15) is 11.9 Å². The van der Waals surface area contributed by atoms with E-state index in [1.54, 1.807) is 6.07 Å². The lowest BCUT2D eigenvalue weighted by Gasteiger charge is -2.19. The lowest BCUT2D eigenvalue weighted by atomic mass is 9.85. The summed E-state index contributed by atoms with van der Waals surface area (Å²) in [6.45, 7) is 4.39. The third-order valence-corrected chi connectivity index (χ3v) is 5.20. The molecule has 0 atom stereocenters. The van der Waals surface area contributed by atoms with Gasteiger partial charge >= 0.3 is 0 Å². The fourth-order valence-corrected chi connectivity index (χ4v) is 3.78. The summed E-state index contributed by atoms with van der Waals surface area (Å²) in [5.74, 6) is -0.439. The molecule has 2 heteroatoms. The Morgan fingerprint density at radius 2 is 1.67 bits per heavy atom. The molecule has 138 valence electrons. The number of unbranched alkanes of at least 4 members (excludes halogenated alkanes) is 2. The van der Waals surface area contributed by atoms with Gasteiger partial charge in [-0.25, -0.2) is 4.39 Å². The van der Waals surface area contributed by atoms with E-state index in [4.69, 9.17) is 5.26 Å². The van der Waals surface area contributed by atoms with Crippen LogP contribution in [0.2, 0.25) is 0 Å². The molecule has 0 fully saturated rings. The summed E-state index contributed by atoms with van der Waals surface area (Å²) in [4.78, 5) is 0. The van der Waals surface area contributed by atoms with Crippen LogP contribution < -0.4 is 0 Å². The minimum absolute atomic E-state index is 0.102. The van der Waals surface area contributed by atoms with Crippen molar-refractivity contribution in [3.05, 3.63) is 71.0 Å².